The van der Waals surface area contributed by atoms with Gasteiger partial charge in [-0.15, -0.1) is 11.3 Å². The standard InChI is InChI=1S/C17H16ClN5OS/c1-23(10-16-21-17(22-24-16)14-3-2-8-25-14)7-6-15-19-12-5-4-11(18)9-13(12)20-15/h2-5,8-9H,6-7,10H2,1H3,(H,19,20). The predicted molar refractivity (Wildman–Crippen MR) is 98.8 cm³/mol. The maximum atomic E-state index is 6.01. The molecule has 0 saturated heterocycles. The van der Waals surface area contributed by atoms with Crippen LogP contribution in [-0.4, -0.2) is 38.6 Å². The molecule has 4 aromatic rings. The molecule has 0 atom stereocenters. The van der Waals surface area contributed by atoms with Crippen LogP contribution in [0.4, 0.5) is 0 Å². The second kappa shape index (κ2) is 6.95. The van der Waals surface area contributed by atoms with Crippen molar-refractivity contribution in [1.29, 1.82) is 0 Å². The van der Waals surface area contributed by atoms with E-state index >= 15 is 0 Å². The van der Waals surface area contributed by atoms with Gasteiger partial charge in [0.1, 0.15) is 5.82 Å². The van der Waals surface area contributed by atoms with E-state index in [1.54, 1.807) is 11.3 Å². The van der Waals surface area contributed by atoms with Gasteiger partial charge < -0.3 is 9.51 Å². The van der Waals surface area contributed by atoms with Gasteiger partial charge in [0.15, 0.2) is 0 Å². The van der Waals surface area contributed by atoms with Crippen LogP contribution in [-0.2, 0) is 13.0 Å². The smallest absolute Gasteiger partial charge is 0.241 e. The zero-order valence-corrected chi connectivity index (χ0v) is 15.1. The van der Waals surface area contributed by atoms with Crippen molar-refractivity contribution in [3.63, 3.8) is 0 Å². The number of H-pyrrole nitrogens is 1. The third kappa shape index (κ3) is 3.73. The number of rotatable bonds is 6. The number of thiophene rings is 1. The molecule has 8 heteroatoms. The lowest BCUT2D eigenvalue weighted by Crippen LogP contribution is -2.21. The van der Waals surface area contributed by atoms with Crippen molar-refractivity contribution in [2.24, 2.45) is 0 Å². The van der Waals surface area contributed by atoms with E-state index in [0.717, 1.165) is 34.7 Å². The van der Waals surface area contributed by atoms with Gasteiger partial charge in [-0.2, -0.15) is 4.98 Å². The Balaban J connectivity index is 1.36. The van der Waals surface area contributed by atoms with Gasteiger partial charge in [-0.25, -0.2) is 4.98 Å². The third-order valence-electron chi connectivity index (χ3n) is 3.84. The van der Waals surface area contributed by atoms with E-state index in [9.17, 15) is 0 Å². The van der Waals surface area contributed by atoms with Crippen molar-refractivity contribution in [2.45, 2.75) is 13.0 Å². The van der Waals surface area contributed by atoms with E-state index in [0.29, 0.717) is 23.3 Å². The monoisotopic (exact) mass is 373 g/mol. The lowest BCUT2D eigenvalue weighted by molar-refractivity contribution is 0.268. The first-order valence-electron chi connectivity index (χ1n) is 7.86. The van der Waals surface area contributed by atoms with Crippen molar-refractivity contribution in [3.05, 3.63) is 52.4 Å². The van der Waals surface area contributed by atoms with Gasteiger partial charge in [0.2, 0.25) is 11.7 Å². The molecule has 4 rings (SSSR count). The summed E-state index contributed by atoms with van der Waals surface area (Å²) in [5.74, 6) is 2.20. The first-order chi connectivity index (χ1) is 12.2. The van der Waals surface area contributed by atoms with Crippen LogP contribution < -0.4 is 0 Å². The number of aromatic nitrogens is 4. The minimum absolute atomic E-state index is 0.602. The van der Waals surface area contributed by atoms with E-state index in [4.69, 9.17) is 16.1 Å². The Kier molecular flexibility index (Phi) is 4.52. The molecule has 3 aromatic heterocycles. The first kappa shape index (κ1) is 16.3. The molecular formula is C17H16ClN5OS. The number of benzene rings is 1. The lowest BCUT2D eigenvalue weighted by Gasteiger charge is -2.12. The van der Waals surface area contributed by atoms with Crippen molar-refractivity contribution in [3.8, 4) is 10.7 Å². The molecule has 0 bridgehead atoms. The fourth-order valence-electron chi connectivity index (χ4n) is 2.58. The number of hydrogen-bond acceptors (Lipinski definition) is 6. The van der Waals surface area contributed by atoms with Crippen molar-refractivity contribution in [2.75, 3.05) is 13.6 Å². The average molecular weight is 374 g/mol. The Morgan fingerprint density at radius 1 is 1.28 bits per heavy atom. The molecule has 0 aliphatic rings. The summed E-state index contributed by atoms with van der Waals surface area (Å²) in [4.78, 5) is 15.5. The maximum absolute atomic E-state index is 6.01. The summed E-state index contributed by atoms with van der Waals surface area (Å²) in [6.45, 7) is 1.43. The Labute approximate surface area is 153 Å². The number of nitrogens with zero attached hydrogens (tertiary/aromatic N) is 4. The van der Waals surface area contributed by atoms with Crippen LogP contribution in [0.2, 0.25) is 5.02 Å². The Morgan fingerprint density at radius 3 is 3.04 bits per heavy atom. The summed E-state index contributed by atoms with van der Waals surface area (Å²) < 4.78 is 5.34. The molecule has 0 aliphatic carbocycles. The van der Waals surface area contributed by atoms with Crippen molar-refractivity contribution >= 4 is 34.0 Å². The van der Waals surface area contributed by atoms with Crippen LogP contribution in [0.1, 0.15) is 11.7 Å². The molecule has 0 spiro atoms. The van der Waals surface area contributed by atoms with Crippen LogP contribution in [0.15, 0.2) is 40.2 Å². The molecule has 1 aromatic carbocycles. The van der Waals surface area contributed by atoms with Gasteiger partial charge in [-0.05, 0) is 36.7 Å². The molecule has 0 saturated carbocycles. The SMILES string of the molecule is CN(CCc1nc2ccc(Cl)cc2[nH]1)Cc1nc(-c2cccs2)no1. The van der Waals surface area contributed by atoms with Gasteiger partial charge in [0.25, 0.3) is 0 Å². The Morgan fingerprint density at radius 2 is 2.20 bits per heavy atom. The minimum atomic E-state index is 0.602. The summed E-state index contributed by atoms with van der Waals surface area (Å²) in [7, 11) is 2.02. The quantitative estimate of drug-likeness (QED) is 0.553. The molecule has 0 amide bonds. The molecule has 0 aliphatic heterocycles. The second-order valence-electron chi connectivity index (χ2n) is 5.82. The first-order valence-corrected chi connectivity index (χ1v) is 9.12. The number of nitrogens with one attached hydrogen (secondary N) is 1. The van der Waals surface area contributed by atoms with E-state index in [-0.39, 0.29) is 0 Å². The lowest BCUT2D eigenvalue weighted by atomic mass is 10.3. The number of imidazole rings is 1. The fraction of sp³-hybridized carbons (Fsp3) is 0.235. The highest BCUT2D eigenvalue weighted by atomic mass is 35.5. The van der Waals surface area contributed by atoms with Gasteiger partial charge in [0, 0.05) is 18.0 Å². The summed E-state index contributed by atoms with van der Waals surface area (Å²) in [6.07, 6.45) is 0.800. The zero-order valence-electron chi connectivity index (χ0n) is 13.6. The second-order valence-corrected chi connectivity index (χ2v) is 7.21. The Bertz CT molecular complexity index is 978. The normalized spacial score (nSPS) is 11.6. The molecule has 3 heterocycles. The van der Waals surface area contributed by atoms with E-state index < -0.39 is 0 Å². The fourth-order valence-corrected chi connectivity index (χ4v) is 3.41. The number of hydrogen-bond donors (Lipinski definition) is 1. The molecule has 0 unspecified atom stereocenters. The average Bonchev–Trinajstić information content (AvgIpc) is 3.32. The summed E-state index contributed by atoms with van der Waals surface area (Å²) in [5.41, 5.74) is 1.89. The summed E-state index contributed by atoms with van der Waals surface area (Å²) in [6, 6.07) is 9.62. The van der Waals surface area contributed by atoms with Crippen LogP contribution in [0.3, 0.4) is 0 Å². The van der Waals surface area contributed by atoms with Gasteiger partial charge in [0.05, 0.1) is 22.5 Å². The molecule has 25 heavy (non-hydrogen) atoms. The molecule has 0 fully saturated rings. The molecule has 6 nitrogen and oxygen atoms in total. The van der Waals surface area contributed by atoms with Gasteiger partial charge in [-0.3, -0.25) is 4.90 Å². The molecule has 1 N–H and O–H groups in total. The number of fused-ring (bicyclic) bond motifs is 1. The van der Waals surface area contributed by atoms with Gasteiger partial charge >= 0.3 is 0 Å². The number of halogens is 1. The minimum Gasteiger partial charge on any atom is -0.342 e. The Hall–Kier alpha value is -2.22. The summed E-state index contributed by atoms with van der Waals surface area (Å²) in [5, 5.41) is 6.74. The number of likely N-dealkylation sites (N-methyl/N-ethyl adjacent to an activating group) is 1. The summed E-state index contributed by atoms with van der Waals surface area (Å²) >= 11 is 7.60. The third-order valence-corrected chi connectivity index (χ3v) is 4.94. The van der Waals surface area contributed by atoms with Crippen molar-refractivity contribution < 1.29 is 4.52 Å². The van der Waals surface area contributed by atoms with Crippen LogP contribution in [0, 0.1) is 0 Å². The molecule has 128 valence electrons. The molecular weight excluding hydrogens is 358 g/mol. The van der Waals surface area contributed by atoms with E-state index in [1.807, 2.05) is 42.8 Å². The zero-order chi connectivity index (χ0) is 17.2. The van der Waals surface area contributed by atoms with Crippen LogP contribution in [0.5, 0.6) is 0 Å². The van der Waals surface area contributed by atoms with E-state index in [2.05, 4.69) is 25.0 Å². The van der Waals surface area contributed by atoms with Crippen LogP contribution >= 0.6 is 22.9 Å². The highest BCUT2D eigenvalue weighted by Gasteiger charge is 2.12. The maximum Gasteiger partial charge on any atom is 0.241 e. The largest absolute Gasteiger partial charge is 0.342 e. The highest BCUT2D eigenvalue weighted by molar-refractivity contribution is 7.13. The van der Waals surface area contributed by atoms with Crippen molar-refractivity contribution in [1.82, 2.24) is 25.0 Å². The van der Waals surface area contributed by atoms with Gasteiger partial charge in [-0.1, -0.05) is 22.8 Å². The van der Waals surface area contributed by atoms with E-state index in [1.165, 1.54) is 0 Å². The predicted octanol–water partition coefficient (Wildman–Crippen LogP) is 4.00. The highest BCUT2D eigenvalue weighted by Crippen LogP contribution is 2.21. The van der Waals surface area contributed by atoms with Crippen LogP contribution in [0.25, 0.3) is 21.7 Å². The molecule has 0 radical (unpaired) electrons. The number of aromatic amines is 1. The topological polar surface area (TPSA) is 70.8 Å².